The number of rotatable bonds is 3. The number of nitrogens with zero attached hydrogens (tertiary/aromatic N) is 3. The van der Waals surface area contributed by atoms with Crippen LogP contribution >= 0.6 is 27.3 Å². The Bertz CT molecular complexity index is 485. The first-order chi connectivity index (χ1) is 7.72. The van der Waals surface area contributed by atoms with E-state index in [-0.39, 0.29) is 6.04 Å². The lowest BCUT2D eigenvalue weighted by molar-refractivity contribution is 0.640. The summed E-state index contributed by atoms with van der Waals surface area (Å²) in [6.07, 6.45) is 1.75. The summed E-state index contributed by atoms with van der Waals surface area (Å²) in [6.45, 7) is 2.05. The molecule has 0 aliphatic heterocycles. The van der Waals surface area contributed by atoms with Crippen molar-refractivity contribution in [2.75, 3.05) is 7.05 Å². The monoisotopic (exact) mass is 298 g/mol. The van der Waals surface area contributed by atoms with Gasteiger partial charge in [-0.2, -0.15) is 0 Å². The summed E-state index contributed by atoms with van der Waals surface area (Å²) in [7, 11) is 1.91. The number of halogens is 1. The van der Waals surface area contributed by atoms with Gasteiger partial charge in [-0.15, -0.1) is 10.2 Å². The Hall–Kier alpha value is -0.850. The van der Waals surface area contributed by atoms with Gasteiger partial charge < -0.3 is 5.32 Å². The highest BCUT2D eigenvalue weighted by atomic mass is 79.9. The van der Waals surface area contributed by atoms with Crippen molar-refractivity contribution in [2.24, 2.45) is 0 Å². The molecule has 0 bridgehead atoms. The van der Waals surface area contributed by atoms with Gasteiger partial charge in [0, 0.05) is 10.7 Å². The SMILES string of the molecule is CNC(C)c1nnc(-c2ncccc2Br)s1. The highest BCUT2D eigenvalue weighted by molar-refractivity contribution is 9.10. The standard InChI is InChI=1S/C10H11BrN4S/c1-6(12-2)9-14-15-10(16-9)8-7(11)4-3-5-13-8/h3-6,12H,1-2H3. The van der Waals surface area contributed by atoms with Crippen LogP contribution in [-0.2, 0) is 0 Å². The van der Waals surface area contributed by atoms with Crippen molar-refractivity contribution in [1.29, 1.82) is 0 Å². The van der Waals surface area contributed by atoms with Gasteiger partial charge in [-0.05, 0) is 42.0 Å². The van der Waals surface area contributed by atoms with E-state index < -0.39 is 0 Å². The molecule has 0 aromatic carbocycles. The van der Waals surface area contributed by atoms with Gasteiger partial charge in [-0.25, -0.2) is 0 Å². The van der Waals surface area contributed by atoms with Crippen LogP contribution in [-0.4, -0.2) is 22.2 Å². The Morgan fingerprint density at radius 1 is 1.44 bits per heavy atom. The van der Waals surface area contributed by atoms with Gasteiger partial charge >= 0.3 is 0 Å². The predicted molar refractivity (Wildman–Crippen MR) is 68.3 cm³/mol. The second kappa shape index (κ2) is 4.99. The van der Waals surface area contributed by atoms with E-state index >= 15 is 0 Å². The Morgan fingerprint density at radius 3 is 2.94 bits per heavy atom. The normalized spacial score (nSPS) is 12.7. The predicted octanol–water partition coefficient (Wildman–Crippen LogP) is 2.64. The number of hydrogen-bond acceptors (Lipinski definition) is 5. The molecule has 4 nitrogen and oxygen atoms in total. The molecule has 0 amide bonds. The van der Waals surface area contributed by atoms with Crippen molar-refractivity contribution in [1.82, 2.24) is 20.5 Å². The second-order valence-electron chi connectivity index (χ2n) is 3.29. The zero-order valence-corrected chi connectivity index (χ0v) is 11.3. The van der Waals surface area contributed by atoms with Gasteiger partial charge in [-0.1, -0.05) is 11.3 Å². The van der Waals surface area contributed by atoms with Gasteiger partial charge in [0.05, 0.1) is 6.04 Å². The van der Waals surface area contributed by atoms with Crippen molar-refractivity contribution in [2.45, 2.75) is 13.0 Å². The van der Waals surface area contributed by atoms with Crippen molar-refractivity contribution in [3.63, 3.8) is 0 Å². The molecule has 1 atom stereocenters. The van der Waals surface area contributed by atoms with Gasteiger partial charge in [0.2, 0.25) is 0 Å². The van der Waals surface area contributed by atoms with E-state index in [1.165, 1.54) is 0 Å². The fourth-order valence-corrected chi connectivity index (χ4v) is 2.66. The lowest BCUT2D eigenvalue weighted by atomic mass is 10.4. The molecular formula is C10H11BrN4S. The zero-order chi connectivity index (χ0) is 11.5. The minimum atomic E-state index is 0.216. The van der Waals surface area contributed by atoms with Crippen LogP contribution in [0, 0.1) is 0 Å². The molecule has 6 heteroatoms. The van der Waals surface area contributed by atoms with E-state index in [9.17, 15) is 0 Å². The van der Waals surface area contributed by atoms with E-state index in [0.29, 0.717) is 0 Å². The quantitative estimate of drug-likeness (QED) is 0.946. The summed E-state index contributed by atoms with van der Waals surface area (Å²) in [5.41, 5.74) is 0.842. The first-order valence-corrected chi connectivity index (χ1v) is 6.45. The first kappa shape index (κ1) is 11.6. The van der Waals surface area contributed by atoms with E-state index in [1.807, 2.05) is 19.2 Å². The summed E-state index contributed by atoms with van der Waals surface area (Å²) in [5, 5.41) is 13.2. The Kier molecular flexibility index (Phi) is 3.63. The van der Waals surface area contributed by atoms with Gasteiger partial charge in [-0.3, -0.25) is 4.98 Å². The maximum Gasteiger partial charge on any atom is 0.167 e. The third kappa shape index (κ3) is 2.28. The van der Waals surface area contributed by atoms with Crippen molar-refractivity contribution >= 4 is 27.3 Å². The number of pyridine rings is 1. The van der Waals surface area contributed by atoms with Crippen LogP contribution < -0.4 is 5.32 Å². The lowest BCUT2D eigenvalue weighted by Gasteiger charge is -2.02. The Labute approximate surface area is 106 Å². The van der Waals surface area contributed by atoms with E-state index in [2.05, 4.69) is 43.4 Å². The van der Waals surface area contributed by atoms with Crippen LogP contribution in [0.2, 0.25) is 0 Å². The maximum absolute atomic E-state index is 4.29. The largest absolute Gasteiger partial charge is 0.311 e. The minimum absolute atomic E-state index is 0.216. The molecule has 16 heavy (non-hydrogen) atoms. The molecule has 2 aromatic rings. The molecule has 0 fully saturated rings. The van der Waals surface area contributed by atoms with Crippen LogP contribution in [0.25, 0.3) is 10.7 Å². The van der Waals surface area contributed by atoms with E-state index in [0.717, 1.165) is 20.2 Å². The minimum Gasteiger partial charge on any atom is -0.311 e. The Morgan fingerprint density at radius 2 is 2.25 bits per heavy atom. The third-order valence-electron chi connectivity index (χ3n) is 2.21. The van der Waals surface area contributed by atoms with Crippen LogP contribution in [0.3, 0.4) is 0 Å². The third-order valence-corrected chi connectivity index (χ3v) is 3.96. The molecule has 0 radical (unpaired) electrons. The van der Waals surface area contributed by atoms with Crippen molar-refractivity contribution in [3.05, 3.63) is 27.8 Å². The molecule has 0 saturated heterocycles. The highest BCUT2D eigenvalue weighted by Gasteiger charge is 2.13. The van der Waals surface area contributed by atoms with Crippen LogP contribution in [0.5, 0.6) is 0 Å². The first-order valence-electron chi connectivity index (χ1n) is 4.84. The van der Waals surface area contributed by atoms with Gasteiger partial charge in [0.15, 0.2) is 5.01 Å². The maximum atomic E-state index is 4.29. The molecule has 2 rings (SSSR count). The Balaban J connectivity index is 2.35. The van der Waals surface area contributed by atoms with Crippen LogP contribution in [0.1, 0.15) is 18.0 Å². The molecule has 1 unspecified atom stereocenters. The van der Waals surface area contributed by atoms with Crippen molar-refractivity contribution < 1.29 is 0 Å². The zero-order valence-electron chi connectivity index (χ0n) is 8.94. The molecule has 0 aliphatic carbocycles. The van der Waals surface area contributed by atoms with E-state index in [1.54, 1.807) is 17.5 Å². The summed E-state index contributed by atoms with van der Waals surface area (Å²) in [6, 6.07) is 4.05. The molecule has 2 heterocycles. The molecule has 1 N–H and O–H groups in total. The summed E-state index contributed by atoms with van der Waals surface area (Å²) in [4.78, 5) is 4.29. The van der Waals surface area contributed by atoms with E-state index in [4.69, 9.17) is 0 Å². The molecule has 0 saturated carbocycles. The number of nitrogens with one attached hydrogen (secondary N) is 1. The molecule has 0 spiro atoms. The average Bonchev–Trinajstić information content (AvgIpc) is 2.78. The summed E-state index contributed by atoms with van der Waals surface area (Å²) in [5.74, 6) is 0. The number of aromatic nitrogens is 3. The fraction of sp³-hybridized carbons (Fsp3) is 0.300. The smallest absolute Gasteiger partial charge is 0.167 e. The topological polar surface area (TPSA) is 50.7 Å². The molecule has 84 valence electrons. The highest BCUT2D eigenvalue weighted by Crippen LogP contribution is 2.29. The fourth-order valence-electron chi connectivity index (χ4n) is 1.17. The van der Waals surface area contributed by atoms with Gasteiger partial charge in [0.25, 0.3) is 0 Å². The molecule has 2 aromatic heterocycles. The number of hydrogen-bond donors (Lipinski definition) is 1. The molecule has 0 aliphatic rings. The lowest BCUT2D eigenvalue weighted by Crippen LogP contribution is -2.11. The van der Waals surface area contributed by atoms with Crippen LogP contribution in [0.15, 0.2) is 22.8 Å². The van der Waals surface area contributed by atoms with Gasteiger partial charge in [0.1, 0.15) is 10.7 Å². The van der Waals surface area contributed by atoms with Crippen LogP contribution in [0.4, 0.5) is 0 Å². The summed E-state index contributed by atoms with van der Waals surface area (Å²) >= 11 is 5.01. The molecular weight excluding hydrogens is 288 g/mol. The second-order valence-corrected chi connectivity index (χ2v) is 5.15. The summed E-state index contributed by atoms with van der Waals surface area (Å²) < 4.78 is 0.940. The average molecular weight is 299 g/mol. The van der Waals surface area contributed by atoms with Crippen molar-refractivity contribution in [3.8, 4) is 10.7 Å².